The van der Waals surface area contributed by atoms with Crippen LogP contribution in [0.15, 0.2) is 18.2 Å². The predicted molar refractivity (Wildman–Crippen MR) is 92.4 cm³/mol. The molecule has 2 rings (SSSR count). The largest absolute Gasteiger partial charge is 0.343 e. The molecule has 3 nitrogen and oxygen atoms in total. The molecular formula is C17H24Cl2N2O. The first-order valence-corrected chi connectivity index (χ1v) is 8.75. The Hall–Kier alpha value is -0.770. The maximum Gasteiger partial charge on any atom is 0.226 e. The summed E-state index contributed by atoms with van der Waals surface area (Å²) < 4.78 is 0. The molecule has 1 saturated heterocycles. The second-order valence-corrected chi connectivity index (χ2v) is 6.66. The number of nitrogens with zero attached hydrogens (tertiary/aromatic N) is 2. The lowest BCUT2D eigenvalue weighted by Crippen LogP contribution is -2.44. The van der Waals surface area contributed by atoms with E-state index in [0.717, 1.165) is 51.1 Å². The summed E-state index contributed by atoms with van der Waals surface area (Å²) in [7, 11) is 0. The molecule has 5 heteroatoms. The molecule has 122 valence electrons. The molecule has 0 saturated carbocycles. The van der Waals surface area contributed by atoms with Crippen LogP contribution in [-0.4, -0.2) is 41.9 Å². The second kappa shape index (κ2) is 8.19. The van der Waals surface area contributed by atoms with Gasteiger partial charge in [-0.05, 0) is 50.9 Å². The van der Waals surface area contributed by atoms with Crippen molar-refractivity contribution < 1.29 is 4.79 Å². The standard InChI is InChI=1S/C17H24Cl2N2O/c1-3-21(4-2)17(22)14-6-5-9-20(12-14)11-13-7-8-15(18)10-16(13)19/h7-8,10,14H,3-6,9,11-12H2,1-2H3. The van der Waals surface area contributed by atoms with E-state index in [2.05, 4.69) is 4.90 Å². The zero-order valence-electron chi connectivity index (χ0n) is 13.3. The summed E-state index contributed by atoms with van der Waals surface area (Å²) in [6.45, 7) is 8.25. The van der Waals surface area contributed by atoms with E-state index in [1.54, 1.807) is 6.07 Å². The first-order valence-electron chi connectivity index (χ1n) is 8.00. The maximum absolute atomic E-state index is 12.5. The molecular weight excluding hydrogens is 319 g/mol. The van der Waals surface area contributed by atoms with E-state index < -0.39 is 0 Å². The first-order chi connectivity index (χ1) is 10.5. The van der Waals surface area contributed by atoms with E-state index in [-0.39, 0.29) is 11.8 Å². The number of piperidine rings is 1. The number of hydrogen-bond donors (Lipinski definition) is 0. The Morgan fingerprint density at radius 2 is 2.05 bits per heavy atom. The monoisotopic (exact) mass is 342 g/mol. The van der Waals surface area contributed by atoms with Gasteiger partial charge in [0.15, 0.2) is 0 Å². The summed E-state index contributed by atoms with van der Waals surface area (Å²) in [4.78, 5) is 16.8. The number of carbonyl (C=O) groups is 1. The summed E-state index contributed by atoms with van der Waals surface area (Å²) >= 11 is 12.2. The minimum absolute atomic E-state index is 0.111. The van der Waals surface area contributed by atoms with Crippen molar-refractivity contribution in [2.75, 3.05) is 26.2 Å². The van der Waals surface area contributed by atoms with Crippen LogP contribution in [-0.2, 0) is 11.3 Å². The van der Waals surface area contributed by atoms with Crippen molar-refractivity contribution in [1.82, 2.24) is 9.80 Å². The molecule has 0 N–H and O–H groups in total. The maximum atomic E-state index is 12.5. The van der Waals surface area contributed by atoms with E-state index in [4.69, 9.17) is 23.2 Å². The molecule has 1 aromatic rings. The number of likely N-dealkylation sites (tertiary alicyclic amines) is 1. The minimum atomic E-state index is 0.111. The van der Waals surface area contributed by atoms with Crippen molar-refractivity contribution in [3.8, 4) is 0 Å². The van der Waals surface area contributed by atoms with Crippen LogP contribution >= 0.6 is 23.2 Å². The van der Waals surface area contributed by atoms with Gasteiger partial charge in [-0.1, -0.05) is 29.3 Å². The van der Waals surface area contributed by atoms with Gasteiger partial charge in [-0.15, -0.1) is 0 Å². The lowest BCUT2D eigenvalue weighted by Gasteiger charge is -2.34. The van der Waals surface area contributed by atoms with Crippen LogP contribution in [0.4, 0.5) is 0 Å². The number of amides is 1. The highest BCUT2D eigenvalue weighted by atomic mass is 35.5. The van der Waals surface area contributed by atoms with Crippen molar-refractivity contribution in [2.24, 2.45) is 5.92 Å². The Kier molecular flexibility index (Phi) is 6.54. The van der Waals surface area contributed by atoms with Crippen molar-refractivity contribution in [1.29, 1.82) is 0 Å². The van der Waals surface area contributed by atoms with Gasteiger partial charge in [-0.25, -0.2) is 0 Å². The Morgan fingerprint density at radius 1 is 1.32 bits per heavy atom. The molecule has 1 aliphatic heterocycles. The number of halogens is 2. The van der Waals surface area contributed by atoms with Gasteiger partial charge in [0.1, 0.15) is 0 Å². The molecule has 1 unspecified atom stereocenters. The molecule has 0 radical (unpaired) electrons. The Morgan fingerprint density at radius 3 is 2.68 bits per heavy atom. The van der Waals surface area contributed by atoms with Gasteiger partial charge in [-0.3, -0.25) is 9.69 Å². The molecule has 1 heterocycles. The van der Waals surface area contributed by atoms with Gasteiger partial charge < -0.3 is 4.90 Å². The zero-order valence-corrected chi connectivity index (χ0v) is 14.8. The lowest BCUT2D eigenvalue weighted by atomic mass is 9.96. The Balaban J connectivity index is 2.00. The Bertz CT molecular complexity index is 517. The highest BCUT2D eigenvalue weighted by Crippen LogP contribution is 2.25. The first kappa shape index (κ1) is 17.6. The summed E-state index contributed by atoms with van der Waals surface area (Å²) in [6, 6.07) is 5.62. The minimum Gasteiger partial charge on any atom is -0.343 e. The van der Waals surface area contributed by atoms with Crippen molar-refractivity contribution in [2.45, 2.75) is 33.2 Å². The highest BCUT2D eigenvalue weighted by molar-refractivity contribution is 6.35. The van der Waals surface area contributed by atoms with Gasteiger partial charge in [0, 0.05) is 36.2 Å². The fraction of sp³-hybridized carbons (Fsp3) is 0.588. The predicted octanol–water partition coefficient (Wildman–Crippen LogP) is 4.07. The third-order valence-corrected chi connectivity index (χ3v) is 4.93. The van der Waals surface area contributed by atoms with Gasteiger partial charge in [0.2, 0.25) is 5.91 Å². The molecule has 1 atom stereocenters. The molecule has 1 fully saturated rings. The van der Waals surface area contributed by atoms with Crippen molar-refractivity contribution >= 4 is 29.1 Å². The van der Waals surface area contributed by atoms with E-state index in [1.165, 1.54) is 0 Å². The SMILES string of the molecule is CCN(CC)C(=O)C1CCCN(Cc2ccc(Cl)cc2Cl)C1. The van der Waals surface area contributed by atoms with Crippen molar-refractivity contribution in [3.63, 3.8) is 0 Å². The molecule has 0 aromatic heterocycles. The normalized spacial score (nSPS) is 19.2. The Labute approximate surface area is 143 Å². The molecule has 0 aliphatic carbocycles. The van der Waals surface area contributed by atoms with Gasteiger partial charge in [0.25, 0.3) is 0 Å². The van der Waals surface area contributed by atoms with E-state index in [9.17, 15) is 4.79 Å². The zero-order chi connectivity index (χ0) is 16.1. The smallest absolute Gasteiger partial charge is 0.226 e. The summed E-state index contributed by atoms with van der Waals surface area (Å²) in [5.74, 6) is 0.400. The van der Waals surface area contributed by atoms with Crippen LogP contribution in [0.1, 0.15) is 32.3 Å². The summed E-state index contributed by atoms with van der Waals surface area (Å²) in [5, 5.41) is 1.35. The lowest BCUT2D eigenvalue weighted by molar-refractivity contribution is -0.137. The number of hydrogen-bond acceptors (Lipinski definition) is 2. The molecule has 1 amide bonds. The quantitative estimate of drug-likeness (QED) is 0.804. The number of carbonyl (C=O) groups excluding carboxylic acids is 1. The van der Waals surface area contributed by atoms with E-state index in [1.807, 2.05) is 30.9 Å². The molecule has 1 aliphatic rings. The van der Waals surface area contributed by atoms with Crippen LogP contribution in [0.3, 0.4) is 0 Å². The highest BCUT2D eigenvalue weighted by Gasteiger charge is 2.28. The summed E-state index contributed by atoms with van der Waals surface area (Å²) in [6.07, 6.45) is 2.04. The molecule has 0 bridgehead atoms. The molecule has 0 spiro atoms. The molecule has 1 aromatic carbocycles. The third-order valence-electron chi connectivity index (χ3n) is 4.34. The van der Waals surface area contributed by atoms with Gasteiger partial charge in [-0.2, -0.15) is 0 Å². The fourth-order valence-electron chi connectivity index (χ4n) is 3.09. The van der Waals surface area contributed by atoms with Crippen LogP contribution < -0.4 is 0 Å². The van der Waals surface area contributed by atoms with Crippen molar-refractivity contribution in [3.05, 3.63) is 33.8 Å². The third kappa shape index (κ3) is 4.37. The van der Waals surface area contributed by atoms with Crippen LogP contribution in [0.25, 0.3) is 0 Å². The number of benzene rings is 1. The van der Waals surface area contributed by atoms with Crippen LogP contribution in [0.2, 0.25) is 10.0 Å². The van der Waals surface area contributed by atoms with Gasteiger partial charge >= 0.3 is 0 Å². The summed E-state index contributed by atoms with van der Waals surface area (Å²) in [5.41, 5.74) is 1.07. The second-order valence-electron chi connectivity index (χ2n) is 5.82. The fourth-order valence-corrected chi connectivity index (χ4v) is 3.55. The average Bonchev–Trinajstić information content (AvgIpc) is 2.51. The van der Waals surface area contributed by atoms with Gasteiger partial charge in [0.05, 0.1) is 5.92 Å². The van der Waals surface area contributed by atoms with E-state index in [0.29, 0.717) is 10.0 Å². The molecule has 22 heavy (non-hydrogen) atoms. The van der Waals surface area contributed by atoms with Crippen LogP contribution in [0, 0.1) is 5.92 Å². The topological polar surface area (TPSA) is 23.6 Å². The average molecular weight is 343 g/mol. The number of rotatable bonds is 5. The van der Waals surface area contributed by atoms with Crippen LogP contribution in [0.5, 0.6) is 0 Å². The van der Waals surface area contributed by atoms with E-state index >= 15 is 0 Å².